The highest BCUT2D eigenvalue weighted by Crippen LogP contribution is 2.18. The van der Waals surface area contributed by atoms with Gasteiger partial charge < -0.3 is 5.73 Å². The maximum atomic E-state index is 5.79. The maximum Gasteiger partial charge on any atom is 0.137 e. The fourth-order valence-electron chi connectivity index (χ4n) is 1.20. The van der Waals surface area contributed by atoms with Gasteiger partial charge in [0.25, 0.3) is 0 Å². The summed E-state index contributed by atoms with van der Waals surface area (Å²) in [6.07, 6.45) is 3.14. The molecule has 0 saturated heterocycles. The Balaban J connectivity index is 2.25. The van der Waals surface area contributed by atoms with Gasteiger partial charge in [-0.25, -0.2) is 9.67 Å². The van der Waals surface area contributed by atoms with E-state index in [1.807, 2.05) is 12.1 Å². The van der Waals surface area contributed by atoms with Gasteiger partial charge in [0.1, 0.15) is 12.7 Å². The molecule has 0 bridgehead atoms. The Hall–Kier alpha value is -1.55. The Kier molecular flexibility index (Phi) is 2.37. The van der Waals surface area contributed by atoms with Crippen LogP contribution in [0.4, 0.5) is 5.69 Å². The maximum absolute atomic E-state index is 5.79. The van der Waals surface area contributed by atoms with E-state index in [0.29, 0.717) is 17.3 Å². The lowest BCUT2D eigenvalue weighted by Crippen LogP contribution is -2.03. The van der Waals surface area contributed by atoms with Crippen LogP contribution in [-0.4, -0.2) is 14.8 Å². The molecule has 0 aliphatic rings. The third-order valence-electron chi connectivity index (χ3n) is 1.91. The van der Waals surface area contributed by atoms with Crippen molar-refractivity contribution in [1.82, 2.24) is 14.8 Å². The van der Waals surface area contributed by atoms with Crippen LogP contribution in [0.25, 0.3) is 0 Å². The van der Waals surface area contributed by atoms with Crippen molar-refractivity contribution in [3.63, 3.8) is 0 Å². The minimum absolute atomic E-state index is 0.614. The highest BCUT2D eigenvalue weighted by Gasteiger charge is 2.01. The summed E-state index contributed by atoms with van der Waals surface area (Å²) >= 11 is 5.78. The predicted molar refractivity (Wildman–Crippen MR) is 55.0 cm³/mol. The van der Waals surface area contributed by atoms with Crippen LogP contribution < -0.4 is 5.73 Å². The van der Waals surface area contributed by atoms with Gasteiger partial charge in [0.15, 0.2) is 0 Å². The highest BCUT2D eigenvalue weighted by atomic mass is 35.5. The largest absolute Gasteiger partial charge is 0.398 e. The highest BCUT2D eigenvalue weighted by molar-refractivity contribution is 6.30. The summed E-state index contributed by atoms with van der Waals surface area (Å²) < 4.78 is 1.71. The van der Waals surface area contributed by atoms with Gasteiger partial charge in [0, 0.05) is 10.7 Å². The third kappa shape index (κ3) is 1.85. The molecule has 0 atom stereocenters. The normalized spacial score (nSPS) is 10.4. The van der Waals surface area contributed by atoms with Gasteiger partial charge in [-0.3, -0.25) is 0 Å². The predicted octanol–water partition coefficient (Wildman–Crippen LogP) is 1.56. The number of halogens is 1. The lowest BCUT2D eigenvalue weighted by atomic mass is 10.2. The zero-order valence-corrected chi connectivity index (χ0v) is 8.15. The summed E-state index contributed by atoms with van der Waals surface area (Å²) in [4.78, 5) is 3.85. The van der Waals surface area contributed by atoms with E-state index in [2.05, 4.69) is 10.1 Å². The van der Waals surface area contributed by atoms with Crippen molar-refractivity contribution in [1.29, 1.82) is 0 Å². The minimum Gasteiger partial charge on any atom is -0.398 e. The summed E-state index contributed by atoms with van der Waals surface area (Å²) in [6, 6.07) is 5.43. The molecule has 2 N–H and O–H groups in total. The first-order valence-electron chi connectivity index (χ1n) is 4.12. The molecule has 0 fully saturated rings. The zero-order valence-electron chi connectivity index (χ0n) is 7.39. The molecular weight excluding hydrogens is 200 g/mol. The molecule has 0 unspecified atom stereocenters. The smallest absolute Gasteiger partial charge is 0.137 e. The fraction of sp³-hybridized carbons (Fsp3) is 0.111. The molecule has 0 aliphatic heterocycles. The van der Waals surface area contributed by atoms with Gasteiger partial charge >= 0.3 is 0 Å². The number of nitrogen functional groups attached to an aromatic ring is 1. The summed E-state index contributed by atoms with van der Waals surface area (Å²) in [5, 5.41) is 4.64. The number of nitrogens with zero attached hydrogens (tertiary/aromatic N) is 3. The molecule has 0 aliphatic carbocycles. The Morgan fingerprint density at radius 3 is 2.93 bits per heavy atom. The number of benzene rings is 1. The first kappa shape index (κ1) is 9.02. The Morgan fingerprint density at radius 2 is 2.29 bits per heavy atom. The van der Waals surface area contributed by atoms with E-state index in [4.69, 9.17) is 17.3 Å². The molecule has 5 heteroatoms. The van der Waals surface area contributed by atoms with Crippen LogP contribution in [-0.2, 0) is 6.54 Å². The molecule has 4 nitrogen and oxygen atoms in total. The van der Waals surface area contributed by atoms with Gasteiger partial charge in [0.05, 0.1) is 6.54 Å². The molecular formula is C9H9ClN4. The van der Waals surface area contributed by atoms with Crippen molar-refractivity contribution in [2.45, 2.75) is 6.54 Å². The van der Waals surface area contributed by atoms with Crippen molar-refractivity contribution in [3.8, 4) is 0 Å². The summed E-state index contributed by atoms with van der Waals surface area (Å²) in [6.45, 7) is 0.614. The van der Waals surface area contributed by atoms with Gasteiger partial charge in [-0.15, -0.1) is 0 Å². The second-order valence-corrected chi connectivity index (χ2v) is 3.37. The number of hydrogen-bond donors (Lipinski definition) is 1. The van der Waals surface area contributed by atoms with Crippen molar-refractivity contribution in [2.24, 2.45) is 0 Å². The quantitative estimate of drug-likeness (QED) is 0.763. The van der Waals surface area contributed by atoms with Crippen LogP contribution in [0.1, 0.15) is 5.56 Å². The van der Waals surface area contributed by atoms with Gasteiger partial charge in [-0.2, -0.15) is 5.10 Å². The standard InChI is InChI=1S/C9H9ClN4/c10-8-2-1-7(9(11)3-8)4-14-6-12-5-13-14/h1-3,5-6H,4,11H2. The monoisotopic (exact) mass is 208 g/mol. The number of aromatic nitrogens is 3. The van der Waals surface area contributed by atoms with Crippen LogP contribution in [0.15, 0.2) is 30.9 Å². The van der Waals surface area contributed by atoms with E-state index in [9.17, 15) is 0 Å². The molecule has 14 heavy (non-hydrogen) atoms. The third-order valence-corrected chi connectivity index (χ3v) is 2.14. The molecule has 1 heterocycles. The van der Waals surface area contributed by atoms with E-state index in [0.717, 1.165) is 5.56 Å². The molecule has 72 valence electrons. The van der Waals surface area contributed by atoms with E-state index in [1.54, 1.807) is 17.1 Å². The molecule has 0 amide bonds. The van der Waals surface area contributed by atoms with Crippen molar-refractivity contribution in [3.05, 3.63) is 41.4 Å². The molecule has 0 saturated carbocycles. The summed E-state index contributed by atoms with van der Waals surface area (Å²) in [5.41, 5.74) is 7.45. The first-order chi connectivity index (χ1) is 6.75. The summed E-state index contributed by atoms with van der Waals surface area (Å²) in [5.74, 6) is 0. The van der Waals surface area contributed by atoms with E-state index in [1.165, 1.54) is 6.33 Å². The Morgan fingerprint density at radius 1 is 1.43 bits per heavy atom. The van der Waals surface area contributed by atoms with Crippen LogP contribution in [0.5, 0.6) is 0 Å². The van der Waals surface area contributed by atoms with Gasteiger partial charge in [-0.1, -0.05) is 17.7 Å². The van der Waals surface area contributed by atoms with Crippen LogP contribution in [0, 0.1) is 0 Å². The number of hydrogen-bond acceptors (Lipinski definition) is 3. The van der Waals surface area contributed by atoms with Crippen LogP contribution in [0.3, 0.4) is 0 Å². The first-order valence-corrected chi connectivity index (χ1v) is 4.50. The molecule has 1 aromatic heterocycles. The van der Waals surface area contributed by atoms with Crippen molar-refractivity contribution < 1.29 is 0 Å². The SMILES string of the molecule is Nc1cc(Cl)ccc1Cn1cncn1. The molecule has 2 aromatic rings. The van der Waals surface area contributed by atoms with E-state index < -0.39 is 0 Å². The number of rotatable bonds is 2. The van der Waals surface area contributed by atoms with Crippen molar-refractivity contribution in [2.75, 3.05) is 5.73 Å². The lowest BCUT2D eigenvalue weighted by molar-refractivity contribution is 0.686. The fourth-order valence-corrected chi connectivity index (χ4v) is 1.38. The molecule has 0 radical (unpaired) electrons. The number of nitrogens with two attached hydrogens (primary N) is 1. The zero-order chi connectivity index (χ0) is 9.97. The average molecular weight is 209 g/mol. The second kappa shape index (κ2) is 3.67. The minimum atomic E-state index is 0.614. The topological polar surface area (TPSA) is 56.7 Å². The Labute approximate surface area is 86.3 Å². The molecule has 2 rings (SSSR count). The average Bonchev–Trinajstić information content (AvgIpc) is 2.62. The van der Waals surface area contributed by atoms with E-state index in [-0.39, 0.29) is 0 Å². The second-order valence-electron chi connectivity index (χ2n) is 2.94. The molecule has 1 aromatic carbocycles. The van der Waals surface area contributed by atoms with Gasteiger partial charge in [-0.05, 0) is 17.7 Å². The lowest BCUT2D eigenvalue weighted by Gasteiger charge is -2.05. The summed E-state index contributed by atoms with van der Waals surface area (Å²) in [7, 11) is 0. The van der Waals surface area contributed by atoms with Gasteiger partial charge in [0.2, 0.25) is 0 Å². The van der Waals surface area contributed by atoms with Crippen molar-refractivity contribution >= 4 is 17.3 Å². The van der Waals surface area contributed by atoms with Crippen LogP contribution >= 0.6 is 11.6 Å². The van der Waals surface area contributed by atoms with Crippen LogP contribution in [0.2, 0.25) is 5.02 Å². The number of anilines is 1. The molecule has 0 spiro atoms. The Bertz CT molecular complexity index is 424. The van der Waals surface area contributed by atoms with E-state index >= 15 is 0 Å².